The van der Waals surface area contributed by atoms with Crippen molar-refractivity contribution in [1.29, 1.82) is 0 Å². The fraction of sp³-hybridized carbons (Fsp3) is 0.333. The van der Waals surface area contributed by atoms with Crippen LogP contribution in [0.2, 0.25) is 5.02 Å². The number of sulfonamides is 1. The molecule has 2 heterocycles. The van der Waals surface area contributed by atoms with Gasteiger partial charge in [0.1, 0.15) is 10.0 Å². The highest BCUT2D eigenvalue weighted by Crippen LogP contribution is 2.27. The van der Waals surface area contributed by atoms with Gasteiger partial charge in [-0.1, -0.05) is 17.7 Å². The van der Waals surface area contributed by atoms with E-state index in [1.165, 1.54) is 16.4 Å². The summed E-state index contributed by atoms with van der Waals surface area (Å²) in [7, 11) is -3.54. The van der Waals surface area contributed by atoms with Gasteiger partial charge in [0.05, 0.1) is 10.9 Å². The number of carbonyl (C=O) groups is 2. The lowest BCUT2D eigenvalue weighted by Crippen LogP contribution is -2.40. The number of carbonyl (C=O) groups excluding carboxylic acids is 2. The van der Waals surface area contributed by atoms with E-state index in [2.05, 4.69) is 5.32 Å². The lowest BCUT2D eigenvalue weighted by Gasteiger charge is -2.29. The van der Waals surface area contributed by atoms with Gasteiger partial charge in [0, 0.05) is 18.8 Å². The molecule has 1 amide bonds. The average Bonchev–Trinajstić information content (AvgIpc) is 3.25. The summed E-state index contributed by atoms with van der Waals surface area (Å²) in [6.07, 6.45) is 0.636. The number of amides is 1. The summed E-state index contributed by atoms with van der Waals surface area (Å²) >= 11 is 6.79. The summed E-state index contributed by atoms with van der Waals surface area (Å²) in [6, 6.07) is 6.92. The van der Waals surface area contributed by atoms with E-state index in [0.717, 1.165) is 17.4 Å². The molecule has 1 aromatic carbocycles. The molecule has 0 bridgehead atoms. The van der Waals surface area contributed by atoms with Crippen molar-refractivity contribution in [1.82, 2.24) is 4.31 Å². The number of nitrogens with one attached hydrogen (secondary N) is 1. The Hall–Kier alpha value is -2.01. The number of hydrogen-bond donors (Lipinski definition) is 1. The van der Waals surface area contributed by atoms with Crippen molar-refractivity contribution in [3.63, 3.8) is 0 Å². The van der Waals surface area contributed by atoms with Gasteiger partial charge in [-0.3, -0.25) is 9.59 Å². The highest BCUT2D eigenvalue weighted by molar-refractivity contribution is 7.91. The van der Waals surface area contributed by atoms with Gasteiger partial charge in [-0.2, -0.15) is 4.31 Å². The molecule has 1 aromatic heterocycles. The van der Waals surface area contributed by atoms with Crippen LogP contribution in [0.15, 0.2) is 39.9 Å². The van der Waals surface area contributed by atoms with E-state index in [0.29, 0.717) is 12.8 Å². The number of esters is 1. The van der Waals surface area contributed by atoms with Crippen LogP contribution in [0.1, 0.15) is 12.8 Å². The number of piperidine rings is 1. The van der Waals surface area contributed by atoms with Crippen molar-refractivity contribution in [3.05, 3.63) is 46.6 Å². The zero-order chi connectivity index (χ0) is 21.0. The number of rotatable bonds is 6. The Morgan fingerprint density at radius 3 is 2.62 bits per heavy atom. The first-order valence-electron chi connectivity index (χ1n) is 8.72. The van der Waals surface area contributed by atoms with Crippen molar-refractivity contribution >= 4 is 50.5 Å². The molecule has 0 aliphatic carbocycles. The molecule has 1 aliphatic heterocycles. The molecule has 7 nitrogen and oxygen atoms in total. The third-order valence-electron chi connectivity index (χ3n) is 4.43. The van der Waals surface area contributed by atoms with Crippen LogP contribution in [0, 0.1) is 11.7 Å². The molecule has 0 unspecified atom stereocenters. The van der Waals surface area contributed by atoms with Crippen molar-refractivity contribution in [2.75, 3.05) is 25.0 Å². The van der Waals surface area contributed by atoms with E-state index in [9.17, 15) is 22.4 Å². The van der Waals surface area contributed by atoms with Gasteiger partial charge in [0.15, 0.2) is 6.61 Å². The first kappa shape index (κ1) is 21.7. The number of hydrogen-bond acceptors (Lipinski definition) is 6. The molecule has 0 radical (unpaired) electrons. The second-order valence-electron chi connectivity index (χ2n) is 6.40. The SMILES string of the molecule is O=C(COC(=O)C1CCN(S(=O)(=O)c2cccs2)CC1)Nc1ccc(F)c(Cl)c1. The quantitative estimate of drug-likeness (QED) is 0.668. The summed E-state index contributed by atoms with van der Waals surface area (Å²) in [6.45, 7) is -0.0813. The van der Waals surface area contributed by atoms with Crippen molar-refractivity contribution in [2.45, 2.75) is 17.1 Å². The Morgan fingerprint density at radius 1 is 1.28 bits per heavy atom. The van der Waals surface area contributed by atoms with Crippen LogP contribution in [0.4, 0.5) is 10.1 Å². The predicted molar refractivity (Wildman–Crippen MR) is 107 cm³/mol. The zero-order valence-electron chi connectivity index (χ0n) is 15.1. The van der Waals surface area contributed by atoms with Gasteiger partial charge in [0.2, 0.25) is 0 Å². The topological polar surface area (TPSA) is 92.8 Å². The number of benzene rings is 1. The van der Waals surface area contributed by atoms with Crippen LogP contribution in [0.25, 0.3) is 0 Å². The van der Waals surface area contributed by atoms with E-state index in [1.807, 2.05) is 0 Å². The number of nitrogens with zero attached hydrogens (tertiary/aromatic N) is 1. The van der Waals surface area contributed by atoms with Gasteiger partial charge in [-0.25, -0.2) is 12.8 Å². The molecule has 0 saturated carbocycles. The molecule has 1 fully saturated rings. The first-order chi connectivity index (χ1) is 13.8. The number of ether oxygens (including phenoxy) is 1. The first-order valence-corrected chi connectivity index (χ1v) is 11.4. The molecular weight excluding hydrogens is 443 g/mol. The Balaban J connectivity index is 1.46. The highest BCUT2D eigenvalue weighted by Gasteiger charge is 2.33. The number of anilines is 1. The average molecular weight is 461 g/mol. The normalized spacial score (nSPS) is 15.8. The highest BCUT2D eigenvalue weighted by atomic mass is 35.5. The van der Waals surface area contributed by atoms with E-state index in [4.69, 9.17) is 16.3 Å². The maximum absolute atomic E-state index is 13.1. The van der Waals surface area contributed by atoms with Crippen LogP contribution in [0.5, 0.6) is 0 Å². The van der Waals surface area contributed by atoms with Crippen molar-refractivity contribution in [2.24, 2.45) is 5.92 Å². The summed E-state index contributed by atoms with van der Waals surface area (Å²) in [5, 5.41) is 4.02. The minimum atomic E-state index is -3.54. The minimum absolute atomic E-state index is 0.135. The molecule has 29 heavy (non-hydrogen) atoms. The zero-order valence-corrected chi connectivity index (χ0v) is 17.5. The fourth-order valence-corrected chi connectivity index (χ4v) is 5.69. The molecular formula is C18H18ClFN2O5S2. The van der Waals surface area contributed by atoms with Gasteiger partial charge in [-0.15, -0.1) is 11.3 Å². The standard InChI is InChI=1S/C18H18ClFN2O5S2/c19-14-10-13(3-4-15(14)20)21-16(23)11-27-18(24)12-5-7-22(8-6-12)29(25,26)17-2-1-9-28-17/h1-4,9-10,12H,5-8,11H2,(H,21,23). The summed E-state index contributed by atoms with van der Waals surface area (Å²) < 4.78 is 44.8. The minimum Gasteiger partial charge on any atom is -0.455 e. The summed E-state index contributed by atoms with van der Waals surface area (Å²) in [5.74, 6) is -2.22. The van der Waals surface area contributed by atoms with Crippen LogP contribution in [-0.2, 0) is 24.3 Å². The molecule has 1 aliphatic rings. The maximum atomic E-state index is 13.1. The van der Waals surface area contributed by atoms with E-state index < -0.39 is 40.2 Å². The third kappa shape index (κ3) is 5.33. The van der Waals surface area contributed by atoms with E-state index in [-0.39, 0.29) is 28.0 Å². The molecule has 3 rings (SSSR count). The largest absolute Gasteiger partial charge is 0.455 e. The summed E-state index contributed by atoms with van der Waals surface area (Å²) in [4.78, 5) is 24.1. The van der Waals surface area contributed by atoms with Crippen molar-refractivity contribution in [3.8, 4) is 0 Å². The Bertz CT molecular complexity index is 990. The Labute approximate surface area is 176 Å². The Morgan fingerprint density at radius 2 is 2.00 bits per heavy atom. The molecule has 11 heteroatoms. The molecule has 0 atom stereocenters. The van der Waals surface area contributed by atoms with E-state index >= 15 is 0 Å². The smallest absolute Gasteiger partial charge is 0.309 e. The number of thiophene rings is 1. The fourth-order valence-electron chi connectivity index (χ4n) is 2.89. The van der Waals surface area contributed by atoms with Gasteiger partial charge < -0.3 is 10.1 Å². The maximum Gasteiger partial charge on any atom is 0.309 e. The number of halogens is 2. The van der Waals surface area contributed by atoms with Crippen LogP contribution in [-0.4, -0.2) is 44.3 Å². The second-order valence-corrected chi connectivity index (χ2v) is 9.91. The predicted octanol–water partition coefficient (Wildman–Crippen LogP) is 3.12. The molecule has 1 N–H and O–H groups in total. The molecule has 1 saturated heterocycles. The second kappa shape index (κ2) is 9.21. The van der Waals surface area contributed by atoms with Crippen LogP contribution >= 0.6 is 22.9 Å². The van der Waals surface area contributed by atoms with Crippen LogP contribution < -0.4 is 5.32 Å². The van der Waals surface area contributed by atoms with Crippen molar-refractivity contribution < 1.29 is 27.1 Å². The third-order valence-corrected chi connectivity index (χ3v) is 7.99. The lowest BCUT2D eigenvalue weighted by atomic mass is 9.98. The van der Waals surface area contributed by atoms with E-state index in [1.54, 1.807) is 17.5 Å². The summed E-state index contributed by atoms with van der Waals surface area (Å²) in [5.41, 5.74) is 0.282. The van der Waals surface area contributed by atoms with Crippen LogP contribution in [0.3, 0.4) is 0 Å². The molecule has 156 valence electrons. The lowest BCUT2D eigenvalue weighted by molar-refractivity contribution is -0.152. The van der Waals surface area contributed by atoms with Gasteiger partial charge in [-0.05, 0) is 42.5 Å². The van der Waals surface area contributed by atoms with Gasteiger partial charge in [0.25, 0.3) is 15.9 Å². The molecule has 2 aromatic rings. The molecule has 0 spiro atoms. The Kier molecular flexibility index (Phi) is 6.89. The monoisotopic (exact) mass is 460 g/mol. The van der Waals surface area contributed by atoms with Gasteiger partial charge >= 0.3 is 5.97 Å².